The van der Waals surface area contributed by atoms with E-state index in [2.05, 4.69) is 9.98 Å². The van der Waals surface area contributed by atoms with Gasteiger partial charge in [-0.05, 0) is 13.3 Å². The lowest BCUT2D eigenvalue weighted by Crippen LogP contribution is -2.47. The molecule has 0 aromatic carbocycles. The van der Waals surface area contributed by atoms with Gasteiger partial charge in [-0.25, -0.2) is 0 Å². The monoisotopic (exact) mass is 285 g/mol. The Hall–Kier alpha value is -2.17. The van der Waals surface area contributed by atoms with Crippen LogP contribution in [0.1, 0.15) is 20.3 Å². The Morgan fingerprint density at radius 2 is 2.05 bits per heavy atom. The third-order valence-corrected chi connectivity index (χ3v) is 3.57. The van der Waals surface area contributed by atoms with Crippen LogP contribution in [0.25, 0.3) is 0 Å². The Morgan fingerprint density at radius 3 is 2.71 bits per heavy atom. The number of rotatable bonds is 2. The van der Waals surface area contributed by atoms with E-state index < -0.39 is 0 Å². The number of amides is 1. The van der Waals surface area contributed by atoms with Gasteiger partial charge in [0.05, 0.1) is 12.9 Å². The minimum absolute atomic E-state index is 0.0380. The number of carbonyl (C=O) groups excluding carboxylic acids is 1. The van der Waals surface area contributed by atoms with E-state index in [0.29, 0.717) is 13.0 Å². The predicted molar refractivity (Wildman–Crippen MR) is 85.8 cm³/mol. The molecule has 111 valence electrons. The van der Waals surface area contributed by atoms with E-state index in [4.69, 9.17) is 0 Å². The normalized spacial score (nSPS) is 26.1. The maximum absolute atomic E-state index is 12.8. The zero-order valence-electron chi connectivity index (χ0n) is 12.7. The van der Waals surface area contributed by atoms with E-state index in [-0.39, 0.29) is 11.9 Å². The molecule has 1 aliphatic carbocycles. The van der Waals surface area contributed by atoms with Crippen molar-refractivity contribution in [1.82, 2.24) is 9.80 Å². The first-order valence-electron chi connectivity index (χ1n) is 7.11. The molecule has 5 heteroatoms. The van der Waals surface area contributed by atoms with Gasteiger partial charge in [0.15, 0.2) is 0 Å². The summed E-state index contributed by atoms with van der Waals surface area (Å²) in [6.45, 7) is 4.39. The van der Waals surface area contributed by atoms with Crippen LogP contribution in [-0.4, -0.2) is 47.9 Å². The molecule has 0 fully saturated rings. The quantitative estimate of drug-likeness (QED) is 0.780. The van der Waals surface area contributed by atoms with Crippen molar-refractivity contribution in [2.45, 2.75) is 26.3 Å². The molecule has 0 saturated carbocycles. The molecule has 0 aromatic rings. The highest BCUT2D eigenvalue weighted by molar-refractivity contribution is 5.86. The van der Waals surface area contributed by atoms with Crippen molar-refractivity contribution >= 4 is 18.5 Å². The number of likely N-dealkylation sites (N-methyl/N-ethyl adjacent to an activating group) is 1. The van der Waals surface area contributed by atoms with Gasteiger partial charge in [0.25, 0.3) is 0 Å². The van der Waals surface area contributed by atoms with E-state index in [9.17, 15) is 4.79 Å². The molecule has 0 unspecified atom stereocenters. The van der Waals surface area contributed by atoms with Crippen molar-refractivity contribution in [2.24, 2.45) is 9.98 Å². The Labute approximate surface area is 126 Å². The molecule has 1 radical (unpaired) electrons. The standard InChI is InChI=1S/C16H21N4O/c1-4-15-16(21)19(3)13(2)11-17-9-10-18-12-20(15)14-7-5-6-8-14/h5-9,11-12,15H,4,10H2,1-3H3/b13-11+,17-9?,18-12?/t15-/m1/s1. The Kier molecular flexibility index (Phi) is 5.09. The summed E-state index contributed by atoms with van der Waals surface area (Å²) in [5.74, 6) is 0.0380. The molecular formula is C16H21N4O. The first-order chi connectivity index (χ1) is 10.1. The average Bonchev–Trinajstić information content (AvgIpc) is 3.00. The molecule has 0 N–H and O–H groups in total. The molecule has 1 aliphatic heterocycles. The smallest absolute Gasteiger partial charge is 0.249 e. The number of hydrogen-bond donors (Lipinski definition) is 0. The molecule has 0 spiro atoms. The molecular weight excluding hydrogens is 264 g/mol. The summed E-state index contributed by atoms with van der Waals surface area (Å²) in [6.07, 6.45) is 13.8. The molecule has 2 rings (SSSR count). The summed E-state index contributed by atoms with van der Waals surface area (Å²) >= 11 is 0. The SMILES string of the molecule is CC[C@@H]1C(=O)N(C)/C(C)=C/N=CCN=CN1[C]1C=CC=C1. The minimum atomic E-state index is -0.275. The van der Waals surface area contributed by atoms with Gasteiger partial charge >= 0.3 is 0 Å². The molecule has 0 bridgehead atoms. The second-order valence-electron chi connectivity index (χ2n) is 4.95. The van der Waals surface area contributed by atoms with Crippen LogP contribution in [0.3, 0.4) is 0 Å². The zero-order valence-corrected chi connectivity index (χ0v) is 12.7. The fourth-order valence-corrected chi connectivity index (χ4v) is 2.23. The Morgan fingerprint density at radius 1 is 1.33 bits per heavy atom. The van der Waals surface area contributed by atoms with Crippen molar-refractivity contribution in [2.75, 3.05) is 13.6 Å². The van der Waals surface area contributed by atoms with Crippen LogP contribution in [-0.2, 0) is 4.79 Å². The summed E-state index contributed by atoms with van der Waals surface area (Å²) in [7, 11) is 1.78. The minimum Gasteiger partial charge on any atom is -0.335 e. The number of nitrogens with zero attached hydrogens (tertiary/aromatic N) is 4. The Bertz CT molecular complexity index is 518. The number of aliphatic imine (C=N–C) groups is 2. The van der Waals surface area contributed by atoms with Crippen LogP contribution >= 0.6 is 0 Å². The van der Waals surface area contributed by atoms with Crippen molar-refractivity contribution in [1.29, 1.82) is 0 Å². The van der Waals surface area contributed by atoms with Gasteiger partial charge in [-0.2, -0.15) is 0 Å². The van der Waals surface area contributed by atoms with Crippen LogP contribution in [0.15, 0.2) is 46.2 Å². The Balaban J connectivity index is 2.35. The predicted octanol–water partition coefficient (Wildman–Crippen LogP) is 2.16. The lowest BCUT2D eigenvalue weighted by atomic mass is 10.1. The van der Waals surface area contributed by atoms with Crippen molar-refractivity contribution in [3.8, 4) is 0 Å². The number of allylic oxidation sites excluding steroid dienone is 3. The molecule has 21 heavy (non-hydrogen) atoms. The highest BCUT2D eigenvalue weighted by Crippen LogP contribution is 2.22. The molecule has 0 saturated heterocycles. The molecule has 5 nitrogen and oxygen atoms in total. The largest absolute Gasteiger partial charge is 0.335 e. The number of carbonyl (C=O) groups is 1. The van der Waals surface area contributed by atoms with Crippen molar-refractivity contribution in [3.63, 3.8) is 0 Å². The van der Waals surface area contributed by atoms with Gasteiger partial charge in [0.1, 0.15) is 12.1 Å². The highest BCUT2D eigenvalue weighted by atomic mass is 16.2. The zero-order chi connectivity index (χ0) is 15.2. The van der Waals surface area contributed by atoms with Crippen molar-refractivity contribution in [3.05, 3.63) is 42.2 Å². The molecule has 1 atom stereocenters. The molecule has 1 heterocycles. The first kappa shape index (κ1) is 15.2. The molecule has 1 amide bonds. The molecule has 0 aromatic heterocycles. The third kappa shape index (κ3) is 3.48. The van der Waals surface area contributed by atoms with E-state index in [1.165, 1.54) is 0 Å². The number of hydrogen-bond acceptors (Lipinski definition) is 4. The van der Waals surface area contributed by atoms with Crippen LogP contribution in [0.2, 0.25) is 0 Å². The maximum Gasteiger partial charge on any atom is 0.249 e. The average molecular weight is 285 g/mol. The topological polar surface area (TPSA) is 48.3 Å². The van der Waals surface area contributed by atoms with Crippen molar-refractivity contribution < 1.29 is 4.79 Å². The fraction of sp³-hybridized carbons (Fsp3) is 0.375. The first-order valence-corrected chi connectivity index (χ1v) is 7.11. The second-order valence-corrected chi connectivity index (χ2v) is 4.95. The van der Waals surface area contributed by atoms with E-state index >= 15 is 0 Å². The van der Waals surface area contributed by atoms with Crippen LogP contribution in [0.5, 0.6) is 0 Å². The van der Waals surface area contributed by atoms with Crippen LogP contribution < -0.4 is 0 Å². The third-order valence-electron chi connectivity index (χ3n) is 3.57. The van der Waals surface area contributed by atoms with E-state index in [1.54, 1.807) is 30.7 Å². The van der Waals surface area contributed by atoms with Gasteiger partial charge in [-0.15, -0.1) is 0 Å². The molecule has 2 aliphatic rings. The van der Waals surface area contributed by atoms with Gasteiger partial charge in [0.2, 0.25) is 5.91 Å². The summed E-state index contributed by atoms with van der Waals surface area (Å²) in [6, 6.07) is 0.702. The van der Waals surface area contributed by atoms with Gasteiger partial charge < -0.3 is 9.80 Å². The second kappa shape index (κ2) is 7.02. The maximum atomic E-state index is 12.8. The summed E-state index contributed by atoms with van der Waals surface area (Å²) in [5, 5.41) is 0. The summed E-state index contributed by atoms with van der Waals surface area (Å²) in [5.41, 5.74) is 0.819. The van der Waals surface area contributed by atoms with E-state index in [1.807, 2.05) is 43.1 Å². The lowest BCUT2D eigenvalue weighted by molar-refractivity contribution is -0.132. The van der Waals surface area contributed by atoms with E-state index in [0.717, 1.165) is 11.7 Å². The van der Waals surface area contributed by atoms with Crippen LogP contribution in [0, 0.1) is 6.04 Å². The lowest BCUT2D eigenvalue weighted by Gasteiger charge is -2.33. The van der Waals surface area contributed by atoms with Crippen LogP contribution in [0.4, 0.5) is 0 Å². The highest BCUT2D eigenvalue weighted by Gasteiger charge is 2.30. The fourth-order valence-electron chi connectivity index (χ4n) is 2.23. The van der Waals surface area contributed by atoms with Gasteiger partial charge in [0, 0.05) is 25.2 Å². The van der Waals surface area contributed by atoms with Gasteiger partial charge in [-0.3, -0.25) is 14.8 Å². The summed E-state index contributed by atoms with van der Waals surface area (Å²) in [4.78, 5) is 24.9. The summed E-state index contributed by atoms with van der Waals surface area (Å²) < 4.78 is 0. The van der Waals surface area contributed by atoms with Gasteiger partial charge in [-0.1, -0.05) is 31.2 Å².